The van der Waals surface area contributed by atoms with Gasteiger partial charge in [0, 0.05) is 25.5 Å². The second-order valence-electron chi connectivity index (χ2n) is 8.68. The van der Waals surface area contributed by atoms with Crippen LogP contribution >= 0.6 is 0 Å². The molecule has 0 spiro atoms. The van der Waals surface area contributed by atoms with Gasteiger partial charge in [-0.3, -0.25) is 9.59 Å². The molecular weight excluding hydrogens is 436 g/mol. The molecule has 8 heteroatoms. The predicted molar refractivity (Wildman–Crippen MR) is 128 cm³/mol. The van der Waals surface area contributed by atoms with E-state index in [0.29, 0.717) is 6.61 Å². The first kappa shape index (κ1) is 25.2. The molecule has 3 rings (SSSR count). The highest BCUT2D eigenvalue weighted by Gasteiger charge is 2.30. The average molecular weight is 469 g/mol. The molecule has 0 saturated heterocycles. The molecule has 0 radical (unpaired) electrons. The van der Waals surface area contributed by atoms with Crippen molar-refractivity contribution in [2.75, 3.05) is 20.3 Å². The number of aliphatic carboxylic acids is 1. The molecule has 1 aliphatic rings. The number of carboxylic acid groups (broad SMARTS) is 1. The van der Waals surface area contributed by atoms with Crippen LogP contribution in [-0.4, -0.2) is 55.5 Å². The number of alkyl carbamates (subject to hydrolysis) is 1. The number of ether oxygens (including phenoxy) is 2. The van der Waals surface area contributed by atoms with Crippen LogP contribution in [0.15, 0.2) is 48.5 Å². The molecule has 0 fully saturated rings. The Balaban J connectivity index is 1.64. The number of rotatable bonds is 11. The summed E-state index contributed by atoms with van der Waals surface area (Å²) in [6.45, 7) is 4.33. The zero-order chi connectivity index (χ0) is 24.7. The van der Waals surface area contributed by atoms with Crippen molar-refractivity contribution in [1.29, 1.82) is 0 Å². The lowest BCUT2D eigenvalue weighted by Crippen LogP contribution is -2.51. The molecule has 8 nitrogen and oxygen atoms in total. The number of methoxy groups -OCH3 is 1. The normalized spacial score (nSPS) is 14.9. The molecule has 34 heavy (non-hydrogen) atoms. The van der Waals surface area contributed by atoms with E-state index in [1.54, 1.807) is 7.11 Å². The van der Waals surface area contributed by atoms with Crippen molar-refractivity contribution in [2.24, 2.45) is 5.92 Å². The van der Waals surface area contributed by atoms with Crippen molar-refractivity contribution in [2.45, 2.75) is 44.7 Å². The van der Waals surface area contributed by atoms with Gasteiger partial charge in [-0.05, 0) is 41.5 Å². The Morgan fingerprint density at radius 1 is 0.971 bits per heavy atom. The maximum Gasteiger partial charge on any atom is 0.407 e. The highest BCUT2D eigenvalue weighted by molar-refractivity contribution is 5.86. The van der Waals surface area contributed by atoms with Crippen molar-refractivity contribution in [3.8, 4) is 11.1 Å². The van der Waals surface area contributed by atoms with Gasteiger partial charge in [0.15, 0.2) is 0 Å². The van der Waals surface area contributed by atoms with Crippen LogP contribution in [0.4, 0.5) is 4.79 Å². The fourth-order valence-electron chi connectivity index (χ4n) is 4.19. The fourth-order valence-corrected chi connectivity index (χ4v) is 4.19. The first-order valence-electron chi connectivity index (χ1n) is 11.4. The minimum atomic E-state index is -1.05. The molecule has 2 amide bonds. The van der Waals surface area contributed by atoms with Crippen LogP contribution in [0.2, 0.25) is 0 Å². The quantitative estimate of drug-likeness (QED) is 0.465. The Bertz CT molecular complexity index is 978. The SMILES string of the molecule is COCC(C)C(C)NC(=O)C(CCC(=O)O)NC(=O)OCC1c2ccccc2-c2ccccc21. The molecule has 0 aromatic heterocycles. The minimum Gasteiger partial charge on any atom is -0.481 e. The lowest BCUT2D eigenvalue weighted by Gasteiger charge is -2.24. The van der Waals surface area contributed by atoms with E-state index in [0.717, 1.165) is 22.3 Å². The number of hydrogen-bond acceptors (Lipinski definition) is 5. The van der Waals surface area contributed by atoms with Gasteiger partial charge in [-0.25, -0.2) is 4.79 Å². The largest absolute Gasteiger partial charge is 0.481 e. The number of fused-ring (bicyclic) bond motifs is 3. The third-order valence-electron chi connectivity index (χ3n) is 6.25. The molecule has 3 unspecified atom stereocenters. The summed E-state index contributed by atoms with van der Waals surface area (Å²) in [5, 5.41) is 14.4. The lowest BCUT2D eigenvalue weighted by molar-refractivity contribution is -0.137. The molecule has 0 saturated carbocycles. The van der Waals surface area contributed by atoms with Gasteiger partial charge < -0.3 is 25.2 Å². The summed E-state index contributed by atoms with van der Waals surface area (Å²) in [5.74, 6) is -1.57. The van der Waals surface area contributed by atoms with Gasteiger partial charge in [-0.1, -0.05) is 55.5 Å². The van der Waals surface area contributed by atoms with E-state index in [1.165, 1.54) is 0 Å². The number of benzene rings is 2. The number of nitrogens with one attached hydrogen (secondary N) is 2. The summed E-state index contributed by atoms with van der Waals surface area (Å²) in [7, 11) is 1.58. The van der Waals surface area contributed by atoms with Gasteiger partial charge in [0.05, 0.1) is 6.61 Å². The van der Waals surface area contributed by atoms with Crippen LogP contribution in [0.25, 0.3) is 11.1 Å². The summed E-state index contributed by atoms with van der Waals surface area (Å²) in [5.41, 5.74) is 4.39. The average Bonchev–Trinajstić information content (AvgIpc) is 3.14. The summed E-state index contributed by atoms with van der Waals surface area (Å²) >= 11 is 0. The molecule has 3 atom stereocenters. The molecule has 2 aromatic rings. The molecule has 0 aliphatic heterocycles. The maximum absolute atomic E-state index is 12.8. The van der Waals surface area contributed by atoms with Crippen LogP contribution in [0.1, 0.15) is 43.7 Å². The molecule has 2 aromatic carbocycles. The van der Waals surface area contributed by atoms with E-state index in [1.807, 2.05) is 62.4 Å². The van der Waals surface area contributed by atoms with Crippen molar-refractivity contribution < 1.29 is 29.0 Å². The van der Waals surface area contributed by atoms with Crippen molar-refractivity contribution in [3.63, 3.8) is 0 Å². The molecular formula is C26H32N2O6. The van der Waals surface area contributed by atoms with Crippen molar-refractivity contribution in [3.05, 3.63) is 59.7 Å². The summed E-state index contributed by atoms with van der Waals surface area (Å²) < 4.78 is 10.6. The van der Waals surface area contributed by atoms with Crippen LogP contribution in [0, 0.1) is 5.92 Å². The molecule has 0 heterocycles. The van der Waals surface area contributed by atoms with E-state index in [-0.39, 0.29) is 37.3 Å². The van der Waals surface area contributed by atoms with E-state index in [4.69, 9.17) is 14.6 Å². The van der Waals surface area contributed by atoms with Crippen LogP contribution < -0.4 is 10.6 Å². The van der Waals surface area contributed by atoms with Crippen molar-refractivity contribution in [1.82, 2.24) is 10.6 Å². The predicted octanol–water partition coefficient (Wildman–Crippen LogP) is 3.55. The topological polar surface area (TPSA) is 114 Å². The van der Waals surface area contributed by atoms with Gasteiger partial charge in [0.2, 0.25) is 5.91 Å². The van der Waals surface area contributed by atoms with E-state index in [9.17, 15) is 14.4 Å². The highest BCUT2D eigenvalue weighted by Crippen LogP contribution is 2.44. The third kappa shape index (κ3) is 6.14. The van der Waals surface area contributed by atoms with E-state index < -0.39 is 24.0 Å². The first-order valence-corrected chi connectivity index (χ1v) is 11.4. The minimum absolute atomic E-state index is 0.0449. The van der Waals surface area contributed by atoms with Crippen LogP contribution in [-0.2, 0) is 19.1 Å². The summed E-state index contributed by atoms with van der Waals surface area (Å²) in [6.07, 6.45) is -1.06. The van der Waals surface area contributed by atoms with Gasteiger partial charge in [-0.15, -0.1) is 0 Å². The number of carbonyl (C=O) groups excluding carboxylic acids is 2. The van der Waals surface area contributed by atoms with E-state index in [2.05, 4.69) is 10.6 Å². The Kier molecular flexibility index (Phi) is 8.65. The van der Waals surface area contributed by atoms with E-state index >= 15 is 0 Å². The van der Waals surface area contributed by atoms with Crippen LogP contribution in [0.5, 0.6) is 0 Å². The van der Waals surface area contributed by atoms with Gasteiger partial charge in [0.1, 0.15) is 12.6 Å². The summed E-state index contributed by atoms with van der Waals surface area (Å²) in [6, 6.07) is 14.8. The first-order chi connectivity index (χ1) is 16.3. The smallest absolute Gasteiger partial charge is 0.407 e. The highest BCUT2D eigenvalue weighted by atomic mass is 16.5. The molecule has 0 bridgehead atoms. The fraction of sp³-hybridized carbons (Fsp3) is 0.423. The molecule has 1 aliphatic carbocycles. The zero-order valence-electron chi connectivity index (χ0n) is 19.7. The van der Waals surface area contributed by atoms with Gasteiger partial charge in [0.25, 0.3) is 0 Å². The van der Waals surface area contributed by atoms with Gasteiger partial charge in [-0.2, -0.15) is 0 Å². The molecule has 182 valence electrons. The lowest BCUT2D eigenvalue weighted by atomic mass is 9.98. The monoisotopic (exact) mass is 468 g/mol. The standard InChI is InChI=1S/C26H32N2O6/c1-16(14-33-3)17(2)27-25(31)23(12-13-24(29)30)28-26(32)34-15-22-20-10-6-4-8-18(20)19-9-5-7-11-21(19)22/h4-11,16-17,22-23H,12-15H2,1-3H3,(H,27,31)(H,28,32)(H,29,30). The Morgan fingerprint density at radius 3 is 2.12 bits per heavy atom. The Hall–Kier alpha value is -3.39. The van der Waals surface area contributed by atoms with Crippen molar-refractivity contribution >= 4 is 18.0 Å². The summed E-state index contributed by atoms with van der Waals surface area (Å²) in [4.78, 5) is 36.5. The number of hydrogen-bond donors (Lipinski definition) is 3. The number of amides is 2. The second-order valence-corrected chi connectivity index (χ2v) is 8.68. The maximum atomic E-state index is 12.8. The number of carbonyl (C=O) groups is 3. The number of carboxylic acids is 1. The zero-order valence-corrected chi connectivity index (χ0v) is 19.7. The Morgan fingerprint density at radius 2 is 1.56 bits per heavy atom. The van der Waals surface area contributed by atoms with Gasteiger partial charge >= 0.3 is 12.1 Å². The molecule has 3 N–H and O–H groups in total. The Labute approximate surface area is 199 Å². The van der Waals surface area contributed by atoms with Crippen LogP contribution in [0.3, 0.4) is 0 Å². The second kappa shape index (κ2) is 11.7. The third-order valence-corrected chi connectivity index (χ3v) is 6.25.